The van der Waals surface area contributed by atoms with Crippen LogP contribution < -0.4 is 16.4 Å². The Bertz CT molecular complexity index is 984. The number of nitrogens with one attached hydrogen (secondary N) is 2. The maximum absolute atomic E-state index is 13.2. The summed E-state index contributed by atoms with van der Waals surface area (Å²) in [7, 11) is 1.54. The highest BCUT2D eigenvalue weighted by atomic mass is 35.5. The van der Waals surface area contributed by atoms with Crippen molar-refractivity contribution in [3.8, 4) is 11.1 Å². The van der Waals surface area contributed by atoms with Crippen molar-refractivity contribution in [1.29, 1.82) is 0 Å². The molecule has 4 N–H and O–H groups in total. The first kappa shape index (κ1) is 27.1. The van der Waals surface area contributed by atoms with E-state index in [9.17, 15) is 14.4 Å². The number of amides is 3. The molecule has 1 aliphatic rings. The van der Waals surface area contributed by atoms with Gasteiger partial charge in [-0.15, -0.1) is 12.4 Å². The van der Waals surface area contributed by atoms with Crippen LogP contribution in [0.15, 0.2) is 48.5 Å². The zero-order chi connectivity index (χ0) is 24.1. The Labute approximate surface area is 206 Å². The topological polar surface area (TPSA) is 114 Å². The van der Waals surface area contributed by atoms with Gasteiger partial charge in [-0.1, -0.05) is 62.4 Å². The molecule has 0 heterocycles. The number of nitrogens with zero attached hydrogens (tertiary/aromatic N) is 1. The lowest BCUT2D eigenvalue weighted by atomic mass is 10.0. The number of halogens is 1. The van der Waals surface area contributed by atoms with Crippen LogP contribution in [0.3, 0.4) is 0 Å². The predicted octanol–water partition coefficient (Wildman–Crippen LogP) is 2.85. The molecule has 34 heavy (non-hydrogen) atoms. The second kappa shape index (κ2) is 11.9. The Morgan fingerprint density at radius 3 is 2.00 bits per heavy atom. The van der Waals surface area contributed by atoms with Gasteiger partial charge in [0.15, 0.2) is 6.10 Å². The number of likely N-dealkylation sites (N-methyl/N-ethyl adjacent to an activating group) is 1. The van der Waals surface area contributed by atoms with Gasteiger partial charge in [0.05, 0.1) is 0 Å². The minimum absolute atomic E-state index is 0. The van der Waals surface area contributed by atoms with E-state index >= 15 is 0 Å². The van der Waals surface area contributed by atoms with Crippen LogP contribution in [-0.4, -0.2) is 55.0 Å². The van der Waals surface area contributed by atoms with Crippen LogP contribution in [-0.2, 0) is 14.3 Å². The molecule has 0 fully saturated rings. The molecule has 8 nitrogen and oxygen atoms in total. The third-order valence-corrected chi connectivity index (χ3v) is 5.80. The van der Waals surface area contributed by atoms with Gasteiger partial charge >= 0.3 is 6.09 Å². The Kier molecular flexibility index (Phi) is 9.46. The highest BCUT2D eigenvalue weighted by Gasteiger charge is 2.36. The minimum Gasteiger partial charge on any atom is -0.436 e. The molecular formula is C25H33ClN4O4. The lowest BCUT2D eigenvalue weighted by Gasteiger charge is -2.31. The van der Waals surface area contributed by atoms with Gasteiger partial charge < -0.3 is 21.1 Å². The number of carbonyl (C=O) groups is 3. The maximum Gasteiger partial charge on any atom is 0.411 e. The summed E-state index contributed by atoms with van der Waals surface area (Å²) < 4.78 is 5.93. The number of hydrogen-bond donors (Lipinski definition) is 3. The van der Waals surface area contributed by atoms with E-state index in [4.69, 9.17) is 10.5 Å². The van der Waals surface area contributed by atoms with Gasteiger partial charge in [0, 0.05) is 31.3 Å². The zero-order valence-electron chi connectivity index (χ0n) is 19.9. The monoisotopic (exact) mass is 488 g/mol. The Morgan fingerprint density at radius 1 is 0.971 bits per heavy atom. The number of carbonyl (C=O) groups excluding carboxylic acids is 3. The molecule has 0 radical (unpaired) electrons. The molecule has 2 atom stereocenters. The van der Waals surface area contributed by atoms with E-state index in [1.54, 1.807) is 14.0 Å². The molecule has 184 valence electrons. The average molecular weight is 489 g/mol. The number of ether oxygens (including phenoxy) is 1. The van der Waals surface area contributed by atoms with Crippen LogP contribution in [0.1, 0.15) is 38.0 Å². The van der Waals surface area contributed by atoms with Crippen molar-refractivity contribution in [3.63, 3.8) is 0 Å². The summed E-state index contributed by atoms with van der Waals surface area (Å²) in [6, 6.07) is 14.1. The summed E-state index contributed by atoms with van der Waals surface area (Å²) in [5, 5.41) is 5.33. The summed E-state index contributed by atoms with van der Waals surface area (Å²) in [5.41, 5.74) is 9.30. The highest BCUT2D eigenvalue weighted by Crippen LogP contribution is 2.45. The second-order valence-corrected chi connectivity index (χ2v) is 8.55. The SMILES string of the molecule is CC(C)[C@@H](C(=O)N[C@@H](C)C(=O)NCCN)N(C)C(=O)OC1c2ccccc2-c2ccccc21.Cl. The molecule has 3 amide bonds. The molecule has 2 aromatic rings. The van der Waals surface area contributed by atoms with Gasteiger partial charge in [-0.25, -0.2) is 4.79 Å². The van der Waals surface area contributed by atoms with E-state index in [1.807, 2.05) is 62.4 Å². The van der Waals surface area contributed by atoms with Crippen LogP contribution in [0.4, 0.5) is 4.79 Å². The molecule has 0 aliphatic heterocycles. The van der Waals surface area contributed by atoms with E-state index in [1.165, 1.54) is 4.90 Å². The van der Waals surface area contributed by atoms with Crippen LogP contribution in [0.25, 0.3) is 11.1 Å². The van der Waals surface area contributed by atoms with Crippen molar-refractivity contribution in [1.82, 2.24) is 15.5 Å². The largest absolute Gasteiger partial charge is 0.436 e. The van der Waals surface area contributed by atoms with Gasteiger partial charge in [0.2, 0.25) is 11.8 Å². The summed E-state index contributed by atoms with van der Waals surface area (Å²) in [6.07, 6.45) is -1.16. The number of rotatable bonds is 8. The van der Waals surface area contributed by atoms with Gasteiger partial charge in [-0.05, 0) is 24.0 Å². The third-order valence-electron chi connectivity index (χ3n) is 5.80. The Hall–Kier alpha value is -3.10. The van der Waals surface area contributed by atoms with Crippen LogP contribution in [0.5, 0.6) is 0 Å². The molecule has 1 aliphatic carbocycles. The fourth-order valence-electron chi connectivity index (χ4n) is 4.17. The fourth-order valence-corrected chi connectivity index (χ4v) is 4.17. The second-order valence-electron chi connectivity index (χ2n) is 8.55. The van der Waals surface area contributed by atoms with Crippen LogP contribution in [0.2, 0.25) is 0 Å². The van der Waals surface area contributed by atoms with Gasteiger partial charge in [-0.3, -0.25) is 14.5 Å². The van der Waals surface area contributed by atoms with Crippen molar-refractivity contribution in [2.45, 2.75) is 39.0 Å². The molecule has 0 bridgehead atoms. The molecule has 0 aromatic heterocycles. The standard InChI is InChI=1S/C25H32N4O4.ClH/c1-15(2)21(24(31)28-16(3)23(30)27-14-13-26)29(4)25(32)33-22-19-11-7-5-9-17(19)18-10-6-8-12-20(18)22;/h5-12,15-16,21-22H,13-14,26H2,1-4H3,(H,27,30)(H,28,31);1H/t16-,21-;/m0./s1. The number of hydrogen-bond acceptors (Lipinski definition) is 5. The first-order valence-electron chi connectivity index (χ1n) is 11.2. The van der Waals surface area contributed by atoms with Gasteiger partial charge in [0.25, 0.3) is 0 Å². The first-order chi connectivity index (χ1) is 15.8. The summed E-state index contributed by atoms with van der Waals surface area (Å²) in [5.74, 6) is -0.960. The number of nitrogens with two attached hydrogens (primary N) is 1. The molecule has 0 saturated heterocycles. The summed E-state index contributed by atoms with van der Waals surface area (Å²) in [4.78, 5) is 39.6. The van der Waals surface area contributed by atoms with E-state index < -0.39 is 30.2 Å². The Balaban J connectivity index is 0.00000408. The molecule has 9 heteroatoms. The molecule has 2 aromatic carbocycles. The predicted molar refractivity (Wildman–Crippen MR) is 134 cm³/mol. The number of fused-ring (bicyclic) bond motifs is 3. The quantitative estimate of drug-likeness (QED) is 0.528. The fraction of sp³-hybridized carbons (Fsp3) is 0.400. The van der Waals surface area contributed by atoms with Gasteiger partial charge in [-0.2, -0.15) is 0 Å². The average Bonchev–Trinajstić information content (AvgIpc) is 3.11. The van der Waals surface area contributed by atoms with Crippen LogP contribution in [0, 0.1) is 5.92 Å². The van der Waals surface area contributed by atoms with E-state index in [2.05, 4.69) is 10.6 Å². The van der Waals surface area contributed by atoms with Crippen molar-refractivity contribution >= 4 is 30.3 Å². The summed E-state index contributed by atoms with van der Waals surface area (Å²) in [6.45, 7) is 5.90. The molecule has 0 saturated carbocycles. The van der Waals surface area contributed by atoms with E-state index in [0.29, 0.717) is 13.1 Å². The van der Waals surface area contributed by atoms with Crippen LogP contribution >= 0.6 is 12.4 Å². The van der Waals surface area contributed by atoms with Crippen molar-refractivity contribution in [2.75, 3.05) is 20.1 Å². The third kappa shape index (κ3) is 5.69. The van der Waals surface area contributed by atoms with E-state index in [0.717, 1.165) is 22.3 Å². The lowest BCUT2D eigenvalue weighted by Crippen LogP contribution is -2.55. The first-order valence-corrected chi connectivity index (χ1v) is 11.2. The van der Waals surface area contributed by atoms with Crippen molar-refractivity contribution in [2.24, 2.45) is 11.7 Å². The van der Waals surface area contributed by atoms with Gasteiger partial charge in [0.1, 0.15) is 12.1 Å². The van der Waals surface area contributed by atoms with Crippen molar-refractivity contribution < 1.29 is 19.1 Å². The molecule has 0 spiro atoms. The molecule has 3 rings (SSSR count). The number of benzene rings is 2. The highest BCUT2D eigenvalue weighted by molar-refractivity contribution is 5.91. The minimum atomic E-state index is -0.811. The van der Waals surface area contributed by atoms with Crippen molar-refractivity contribution in [3.05, 3.63) is 59.7 Å². The molecule has 0 unspecified atom stereocenters. The lowest BCUT2D eigenvalue weighted by molar-refractivity contribution is -0.132. The molecular weight excluding hydrogens is 456 g/mol. The smallest absolute Gasteiger partial charge is 0.411 e. The maximum atomic E-state index is 13.2. The summed E-state index contributed by atoms with van der Waals surface area (Å²) >= 11 is 0. The zero-order valence-corrected chi connectivity index (χ0v) is 20.7. The normalized spacial score (nSPS) is 13.7. The Morgan fingerprint density at radius 2 is 1.50 bits per heavy atom. The van der Waals surface area contributed by atoms with E-state index in [-0.39, 0.29) is 24.2 Å².